The van der Waals surface area contributed by atoms with E-state index in [9.17, 15) is 4.79 Å². The zero-order valence-corrected chi connectivity index (χ0v) is 14.9. The maximum atomic E-state index is 12.7. The molecule has 1 heterocycles. The molecule has 24 heavy (non-hydrogen) atoms. The summed E-state index contributed by atoms with van der Waals surface area (Å²) in [5.41, 5.74) is 1.93. The van der Waals surface area contributed by atoms with Gasteiger partial charge in [-0.2, -0.15) is 11.3 Å². The monoisotopic (exact) mass is 345 g/mol. The first-order chi connectivity index (χ1) is 11.7. The Morgan fingerprint density at radius 2 is 2.00 bits per heavy atom. The molecule has 0 spiro atoms. The van der Waals surface area contributed by atoms with Crippen LogP contribution in [0.5, 0.6) is 11.5 Å². The Morgan fingerprint density at radius 3 is 2.62 bits per heavy atom. The van der Waals surface area contributed by atoms with E-state index in [4.69, 9.17) is 9.47 Å². The number of hydrogen-bond acceptors (Lipinski definition) is 4. The number of amides is 1. The van der Waals surface area contributed by atoms with Crippen LogP contribution in [0.4, 0.5) is 0 Å². The van der Waals surface area contributed by atoms with Crippen molar-refractivity contribution in [2.75, 3.05) is 20.8 Å². The average Bonchev–Trinajstić information content (AvgIpc) is 3.30. The Hall–Kier alpha value is -2.01. The van der Waals surface area contributed by atoms with Gasteiger partial charge in [-0.25, -0.2) is 0 Å². The Bertz CT molecular complexity index is 691. The third kappa shape index (κ3) is 3.13. The number of rotatable bonds is 6. The first-order valence-electron chi connectivity index (χ1n) is 8.22. The smallest absolute Gasteiger partial charge is 0.255 e. The van der Waals surface area contributed by atoms with E-state index in [-0.39, 0.29) is 11.3 Å². The molecule has 1 amide bonds. The topological polar surface area (TPSA) is 47.6 Å². The second-order valence-electron chi connectivity index (χ2n) is 6.22. The summed E-state index contributed by atoms with van der Waals surface area (Å²) >= 11 is 1.72. The lowest BCUT2D eigenvalue weighted by Crippen LogP contribution is -2.38. The second-order valence-corrected chi connectivity index (χ2v) is 7.00. The molecule has 1 N–H and O–H groups in total. The van der Waals surface area contributed by atoms with Crippen molar-refractivity contribution in [2.45, 2.75) is 31.1 Å². The van der Waals surface area contributed by atoms with E-state index in [1.165, 1.54) is 18.4 Å². The third-order valence-electron chi connectivity index (χ3n) is 4.93. The summed E-state index contributed by atoms with van der Waals surface area (Å²) in [6, 6.07) is 7.55. The van der Waals surface area contributed by atoms with Crippen molar-refractivity contribution in [3.8, 4) is 11.5 Å². The molecule has 3 rings (SSSR count). The van der Waals surface area contributed by atoms with Crippen LogP contribution in [-0.2, 0) is 5.41 Å². The summed E-state index contributed by atoms with van der Waals surface area (Å²) in [7, 11) is 3.13. The molecule has 4 nitrogen and oxygen atoms in total. The van der Waals surface area contributed by atoms with Crippen LogP contribution in [0.2, 0.25) is 0 Å². The summed E-state index contributed by atoms with van der Waals surface area (Å²) in [6.45, 7) is 0.656. The lowest BCUT2D eigenvalue weighted by Gasteiger charge is -2.29. The second kappa shape index (κ2) is 7.26. The van der Waals surface area contributed by atoms with E-state index >= 15 is 0 Å². The van der Waals surface area contributed by atoms with Gasteiger partial charge in [0.2, 0.25) is 0 Å². The normalized spacial score (nSPS) is 15.9. The van der Waals surface area contributed by atoms with Crippen LogP contribution in [0.1, 0.15) is 41.6 Å². The zero-order valence-electron chi connectivity index (χ0n) is 14.1. The molecule has 1 aliphatic rings. The minimum Gasteiger partial charge on any atom is -0.493 e. The number of thiophene rings is 1. The Labute approximate surface area is 146 Å². The minimum absolute atomic E-state index is 0.0712. The zero-order chi connectivity index (χ0) is 17.0. The van der Waals surface area contributed by atoms with Gasteiger partial charge in [-0.3, -0.25) is 4.79 Å². The van der Waals surface area contributed by atoms with E-state index in [1.807, 2.05) is 0 Å². The summed E-state index contributed by atoms with van der Waals surface area (Å²) in [5.74, 6) is 0.930. The summed E-state index contributed by atoms with van der Waals surface area (Å²) in [5, 5.41) is 7.45. The Morgan fingerprint density at radius 1 is 1.21 bits per heavy atom. The van der Waals surface area contributed by atoms with Crippen molar-refractivity contribution in [3.05, 3.63) is 46.2 Å². The first kappa shape index (κ1) is 16.8. The van der Waals surface area contributed by atoms with Crippen LogP contribution in [0.3, 0.4) is 0 Å². The molecule has 1 aliphatic carbocycles. The molecule has 2 aromatic rings. The van der Waals surface area contributed by atoms with Gasteiger partial charge in [0.15, 0.2) is 11.5 Å². The van der Waals surface area contributed by atoms with Gasteiger partial charge in [-0.05, 0) is 47.4 Å². The quantitative estimate of drug-likeness (QED) is 0.860. The predicted molar refractivity (Wildman–Crippen MR) is 96.3 cm³/mol. The standard InChI is InChI=1S/C19H23NO3S/c1-22-16-7-5-6-15(17(16)23-2)18(21)20-13-19(9-3-4-10-19)14-8-11-24-12-14/h5-8,11-12H,3-4,9-10,13H2,1-2H3,(H,20,21). The molecule has 1 aromatic heterocycles. The van der Waals surface area contributed by atoms with Crippen molar-refractivity contribution in [1.82, 2.24) is 5.32 Å². The molecule has 0 atom stereocenters. The van der Waals surface area contributed by atoms with Crippen molar-refractivity contribution in [2.24, 2.45) is 0 Å². The highest BCUT2D eigenvalue weighted by Gasteiger charge is 2.36. The summed E-state index contributed by atoms with van der Waals surface area (Å²) in [6.07, 6.45) is 4.68. The van der Waals surface area contributed by atoms with Crippen LogP contribution in [0.25, 0.3) is 0 Å². The van der Waals surface area contributed by atoms with E-state index < -0.39 is 0 Å². The molecule has 128 valence electrons. The van der Waals surface area contributed by atoms with E-state index in [2.05, 4.69) is 22.1 Å². The molecule has 1 fully saturated rings. The molecule has 0 unspecified atom stereocenters. The maximum Gasteiger partial charge on any atom is 0.255 e. The highest BCUT2D eigenvalue weighted by molar-refractivity contribution is 7.08. The molecule has 0 radical (unpaired) electrons. The fourth-order valence-corrected chi connectivity index (χ4v) is 4.38. The van der Waals surface area contributed by atoms with E-state index in [1.54, 1.807) is 43.8 Å². The van der Waals surface area contributed by atoms with Gasteiger partial charge >= 0.3 is 0 Å². The average molecular weight is 345 g/mol. The first-order valence-corrected chi connectivity index (χ1v) is 9.16. The van der Waals surface area contributed by atoms with Crippen LogP contribution in [0, 0.1) is 0 Å². The largest absolute Gasteiger partial charge is 0.493 e. The van der Waals surface area contributed by atoms with Crippen LogP contribution in [-0.4, -0.2) is 26.7 Å². The predicted octanol–water partition coefficient (Wildman–Crippen LogP) is 4.01. The van der Waals surface area contributed by atoms with Crippen LogP contribution in [0.15, 0.2) is 35.0 Å². The number of carbonyl (C=O) groups is 1. The minimum atomic E-state index is -0.118. The van der Waals surface area contributed by atoms with Crippen molar-refractivity contribution in [1.29, 1.82) is 0 Å². The van der Waals surface area contributed by atoms with Crippen LogP contribution < -0.4 is 14.8 Å². The number of methoxy groups -OCH3 is 2. The molecule has 1 saturated carbocycles. The van der Waals surface area contributed by atoms with Crippen molar-refractivity contribution < 1.29 is 14.3 Å². The number of para-hydroxylation sites is 1. The Balaban J connectivity index is 1.78. The van der Waals surface area contributed by atoms with E-state index in [0.717, 1.165) is 12.8 Å². The van der Waals surface area contributed by atoms with Gasteiger partial charge in [0.1, 0.15) is 0 Å². The number of nitrogens with one attached hydrogen (secondary N) is 1. The van der Waals surface area contributed by atoms with Crippen molar-refractivity contribution in [3.63, 3.8) is 0 Å². The van der Waals surface area contributed by atoms with Crippen molar-refractivity contribution >= 4 is 17.2 Å². The third-order valence-corrected chi connectivity index (χ3v) is 5.61. The van der Waals surface area contributed by atoms with Gasteiger partial charge in [0.25, 0.3) is 5.91 Å². The lowest BCUT2D eigenvalue weighted by molar-refractivity contribution is 0.0939. The fraction of sp³-hybridized carbons (Fsp3) is 0.421. The van der Waals surface area contributed by atoms with Gasteiger partial charge < -0.3 is 14.8 Å². The van der Waals surface area contributed by atoms with E-state index in [0.29, 0.717) is 23.6 Å². The molecule has 0 bridgehead atoms. The van der Waals surface area contributed by atoms with Gasteiger partial charge in [-0.15, -0.1) is 0 Å². The van der Waals surface area contributed by atoms with Crippen LogP contribution >= 0.6 is 11.3 Å². The Kier molecular flexibility index (Phi) is 5.09. The van der Waals surface area contributed by atoms with Gasteiger partial charge in [-0.1, -0.05) is 18.9 Å². The molecule has 1 aromatic carbocycles. The molecular weight excluding hydrogens is 322 g/mol. The summed E-state index contributed by atoms with van der Waals surface area (Å²) in [4.78, 5) is 12.7. The fourth-order valence-electron chi connectivity index (χ4n) is 3.60. The molecular formula is C19H23NO3S. The lowest BCUT2D eigenvalue weighted by atomic mass is 9.80. The SMILES string of the molecule is COc1cccc(C(=O)NCC2(c3ccsc3)CCCC2)c1OC. The summed E-state index contributed by atoms with van der Waals surface area (Å²) < 4.78 is 10.7. The number of hydrogen-bond donors (Lipinski definition) is 1. The highest BCUT2D eigenvalue weighted by Crippen LogP contribution is 2.41. The van der Waals surface area contributed by atoms with Gasteiger partial charge in [0, 0.05) is 12.0 Å². The number of benzene rings is 1. The number of carbonyl (C=O) groups excluding carboxylic acids is 1. The number of ether oxygens (including phenoxy) is 2. The maximum absolute atomic E-state index is 12.7. The van der Waals surface area contributed by atoms with Gasteiger partial charge in [0.05, 0.1) is 19.8 Å². The highest BCUT2D eigenvalue weighted by atomic mass is 32.1. The molecule has 0 aliphatic heterocycles. The molecule has 5 heteroatoms. The molecule has 0 saturated heterocycles.